The lowest BCUT2D eigenvalue weighted by molar-refractivity contribution is 0.281. The molecule has 8 heteroatoms. The number of phenolic OH excluding ortho intramolecular Hbond substituents is 1. The molecule has 0 bridgehead atoms. The summed E-state index contributed by atoms with van der Waals surface area (Å²) in [4.78, 5) is 1.90. The Hall–Kier alpha value is -3.62. The average molecular weight is 405 g/mol. The summed E-state index contributed by atoms with van der Waals surface area (Å²) < 4.78 is 0. The van der Waals surface area contributed by atoms with E-state index < -0.39 is 0 Å². The highest BCUT2D eigenvalue weighted by Crippen LogP contribution is 2.25. The van der Waals surface area contributed by atoms with Gasteiger partial charge >= 0.3 is 0 Å². The first-order chi connectivity index (χ1) is 14.7. The third-order valence-corrected chi connectivity index (χ3v) is 4.22. The Bertz CT molecular complexity index is 965. The number of azo groups is 2. The van der Waals surface area contributed by atoms with Crippen molar-refractivity contribution in [3.8, 4) is 5.75 Å². The molecule has 3 aromatic carbocycles. The maximum Gasteiger partial charge on any atom is 0.115 e. The maximum atomic E-state index is 9.27. The highest BCUT2D eigenvalue weighted by atomic mass is 16.3. The monoisotopic (exact) mass is 405 g/mol. The Labute approximate surface area is 174 Å². The molecular weight excluding hydrogens is 382 g/mol. The van der Waals surface area contributed by atoms with Gasteiger partial charge in [0.15, 0.2) is 0 Å². The fourth-order valence-electron chi connectivity index (χ4n) is 2.68. The van der Waals surface area contributed by atoms with Crippen LogP contribution >= 0.6 is 0 Å². The van der Waals surface area contributed by atoms with Crippen molar-refractivity contribution in [2.24, 2.45) is 20.5 Å². The second kappa shape index (κ2) is 10.8. The van der Waals surface area contributed by atoms with Gasteiger partial charge in [0.05, 0.1) is 36.0 Å². The lowest BCUT2D eigenvalue weighted by Gasteiger charge is -2.22. The Morgan fingerprint density at radius 2 is 0.867 bits per heavy atom. The molecule has 0 atom stereocenters. The van der Waals surface area contributed by atoms with Crippen LogP contribution in [0.1, 0.15) is 0 Å². The minimum absolute atomic E-state index is 0.0198. The Kier molecular flexibility index (Phi) is 7.59. The average Bonchev–Trinajstić information content (AvgIpc) is 2.78. The van der Waals surface area contributed by atoms with E-state index in [2.05, 4.69) is 20.5 Å². The van der Waals surface area contributed by atoms with Crippen molar-refractivity contribution >= 4 is 28.4 Å². The van der Waals surface area contributed by atoms with E-state index >= 15 is 0 Å². The Morgan fingerprint density at radius 1 is 0.533 bits per heavy atom. The zero-order chi connectivity index (χ0) is 21.2. The van der Waals surface area contributed by atoms with Crippen molar-refractivity contribution in [2.45, 2.75) is 0 Å². The molecule has 154 valence electrons. The predicted octanol–water partition coefficient (Wildman–Crippen LogP) is 5.01. The van der Waals surface area contributed by atoms with Gasteiger partial charge in [-0.1, -0.05) is 0 Å². The molecule has 0 aliphatic heterocycles. The third-order valence-electron chi connectivity index (χ3n) is 4.22. The number of aliphatic hydroxyl groups is 2. The van der Waals surface area contributed by atoms with E-state index in [1.807, 2.05) is 29.2 Å². The number of rotatable bonds is 9. The summed E-state index contributed by atoms with van der Waals surface area (Å²) in [6.07, 6.45) is 0. The van der Waals surface area contributed by atoms with Gasteiger partial charge in [-0.05, 0) is 72.8 Å². The molecule has 0 amide bonds. The van der Waals surface area contributed by atoms with Crippen LogP contribution in [0.5, 0.6) is 5.75 Å². The highest BCUT2D eigenvalue weighted by molar-refractivity contribution is 5.53. The topological polar surface area (TPSA) is 113 Å². The number of phenols is 1. The minimum Gasteiger partial charge on any atom is -0.508 e. The molecule has 0 aliphatic rings. The molecule has 0 fully saturated rings. The summed E-state index contributed by atoms with van der Waals surface area (Å²) in [7, 11) is 0. The fraction of sp³-hybridized carbons (Fsp3) is 0.182. The molecule has 3 rings (SSSR count). The number of nitrogens with zero attached hydrogens (tertiary/aromatic N) is 5. The summed E-state index contributed by atoms with van der Waals surface area (Å²) in [5, 5.41) is 44.3. The van der Waals surface area contributed by atoms with E-state index in [9.17, 15) is 5.11 Å². The van der Waals surface area contributed by atoms with Gasteiger partial charge in [0, 0.05) is 18.8 Å². The van der Waals surface area contributed by atoms with Gasteiger partial charge in [-0.3, -0.25) is 0 Å². The first-order valence-electron chi connectivity index (χ1n) is 9.47. The molecule has 3 aromatic rings. The van der Waals surface area contributed by atoms with Crippen LogP contribution in [0.4, 0.5) is 28.4 Å². The van der Waals surface area contributed by atoms with Crippen molar-refractivity contribution in [3.63, 3.8) is 0 Å². The zero-order valence-corrected chi connectivity index (χ0v) is 16.3. The van der Waals surface area contributed by atoms with Gasteiger partial charge in [-0.2, -0.15) is 20.5 Å². The molecule has 30 heavy (non-hydrogen) atoms. The molecule has 0 spiro atoms. The maximum absolute atomic E-state index is 9.27. The molecule has 0 heterocycles. The lowest BCUT2D eigenvalue weighted by atomic mass is 10.2. The second-order valence-corrected chi connectivity index (χ2v) is 6.38. The first-order valence-corrected chi connectivity index (χ1v) is 9.47. The summed E-state index contributed by atoms with van der Waals surface area (Å²) in [6.45, 7) is 0.952. The minimum atomic E-state index is 0.0198. The van der Waals surface area contributed by atoms with E-state index in [-0.39, 0.29) is 19.0 Å². The van der Waals surface area contributed by atoms with E-state index in [0.717, 1.165) is 5.69 Å². The van der Waals surface area contributed by atoms with E-state index in [1.54, 1.807) is 48.5 Å². The first kappa shape index (κ1) is 21.1. The predicted molar refractivity (Wildman–Crippen MR) is 116 cm³/mol. The molecule has 0 saturated heterocycles. The normalized spacial score (nSPS) is 11.4. The molecule has 0 aliphatic carbocycles. The van der Waals surface area contributed by atoms with Crippen molar-refractivity contribution in [3.05, 3.63) is 72.8 Å². The van der Waals surface area contributed by atoms with Crippen LogP contribution in [0.2, 0.25) is 0 Å². The van der Waals surface area contributed by atoms with Gasteiger partial charge in [-0.25, -0.2) is 0 Å². The fourth-order valence-corrected chi connectivity index (χ4v) is 2.68. The van der Waals surface area contributed by atoms with Crippen LogP contribution in [-0.4, -0.2) is 41.6 Å². The van der Waals surface area contributed by atoms with Crippen LogP contribution in [0.3, 0.4) is 0 Å². The molecule has 0 unspecified atom stereocenters. The lowest BCUT2D eigenvalue weighted by Crippen LogP contribution is -2.29. The summed E-state index contributed by atoms with van der Waals surface area (Å²) in [5.74, 6) is 0.186. The highest BCUT2D eigenvalue weighted by Gasteiger charge is 2.05. The van der Waals surface area contributed by atoms with Gasteiger partial charge < -0.3 is 20.2 Å². The van der Waals surface area contributed by atoms with Crippen LogP contribution in [-0.2, 0) is 0 Å². The van der Waals surface area contributed by atoms with Gasteiger partial charge in [0.1, 0.15) is 5.75 Å². The molecule has 0 saturated carbocycles. The summed E-state index contributed by atoms with van der Waals surface area (Å²) in [5.41, 5.74) is 3.61. The smallest absolute Gasteiger partial charge is 0.115 e. The summed E-state index contributed by atoms with van der Waals surface area (Å²) >= 11 is 0. The SMILES string of the molecule is OCCN(CCO)c1ccc(N=Nc2ccc(N=Nc3ccc(O)cc3)cc2)cc1. The van der Waals surface area contributed by atoms with E-state index in [1.165, 1.54) is 0 Å². The second-order valence-electron chi connectivity index (χ2n) is 6.38. The number of hydrogen-bond acceptors (Lipinski definition) is 8. The standard InChI is InChI=1S/C22H23N5O3/c28-15-13-27(14-16-29)21-9-5-19(6-10-21)25-23-17-1-3-18(4-2-17)24-26-20-7-11-22(30)12-8-20/h1-12,28-30H,13-16H2. The molecule has 3 N–H and O–H groups in total. The van der Waals surface area contributed by atoms with Crippen molar-refractivity contribution < 1.29 is 15.3 Å². The number of benzene rings is 3. The van der Waals surface area contributed by atoms with Crippen LogP contribution < -0.4 is 4.90 Å². The third kappa shape index (κ3) is 6.20. The van der Waals surface area contributed by atoms with Crippen molar-refractivity contribution in [1.29, 1.82) is 0 Å². The van der Waals surface area contributed by atoms with E-state index in [0.29, 0.717) is 35.8 Å². The molecule has 0 aromatic heterocycles. The van der Waals surface area contributed by atoms with Gasteiger partial charge in [0.25, 0.3) is 0 Å². The van der Waals surface area contributed by atoms with Crippen LogP contribution in [0.15, 0.2) is 93.3 Å². The largest absolute Gasteiger partial charge is 0.508 e. The van der Waals surface area contributed by atoms with E-state index in [4.69, 9.17) is 10.2 Å². The van der Waals surface area contributed by atoms with Crippen LogP contribution in [0, 0.1) is 0 Å². The number of anilines is 1. The Balaban J connectivity index is 1.61. The summed E-state index contributed by atoms with van der Waals surface area (Å²) in [6, 6.07) is 21.1. The Morgan fingerprint density at radius 3 is 1.23 bits per heavy atom. The number of aromatic hydroxyl groups is 1. The molecular formula is C22H23N5O3. The van der Waals surface area contributed by atoms with Crippen molar-refractivity contribution in [2.75, 3.05) is 31.2 Å². The molecule has 8 nitrogen and oxygen atoms in total. The van der Waals surface area contributed by atoms with Crippen LogP contribution in [0.25, 0.3) is 0 Å². The number of hydrogen-bond donors (Lipinski definition) is 3. The van der Waals surface area contributed by atoms with Gasteiger partial charge in [0.2, 0.25) is 0 Å². The molecule has 0 radical (unpaired) electrons. The quantitative estimate of drug-likeness (QED) is 0.434. The number of aliphatic hydroxyl groups excluding tert-OH is 2. The van der Waals surface area contributed by atoms with Gasteiger partial charge in [-0.15, -0.1) is 0 Å². The zero-order valence-electron chi connectivity index (χ0n) is 16.3. The van der Waals surface area contributed by atoms with Crippen molar-refractivity contribution in [1.82, 2.24) is 0 Å².